The third-order valence-corrected chi connectivity index (χ3v) is 2.31. The molecule has 1 atom stereocenters. The van der Waals surface area contributed by atoms with Crippen molar-refractivity contribution in [3.8, 4) is 0 Å². The molecule has 1 aliphatic rings. The molecule has 56 valence electrons. The van der Waals surface area contributed by atoms with Crippen molar-refractivity contribution in [1.82, 2.24) is 4.41 Å². The molecule has 0 aromatic heterocycles. The van der Waals surface area contributed by atoms with Crippen LogP contribution in [-0.4, -0.2) is 27.8 Å². The maximum absolute atomic E-state index is 10.3. The first kappa shape index (κ1) is 7.33. The number of hydrogen-bond donors (Lipinski definition) is 1. The van der Waals surface area contributed by atoms with Crippen molar-refractivity contribution in [2.75, 3.05) is 12.3 Å². The predicted molar refractivity (Wildman–Crippen MR) is 36.1 cm³/mol. The van der Waals surface area contributed by atoms with Crippen LogP contribution in [0.2, 0.25) is 0 Å². The Bertz CT molecular complexity index is 163. The summed E-state index contributed by atoms with van der Waals surface area (Å²) >= 11 is 1.15. The number of nitroso groups, excluding NO2 is 1. The molecule has 0 bridgehead atoms. The molecule has 1 fully saturated rings. The number of rotatable bonds is 2. The van der Waals surface area contributed by atoms with Gasteiger partial charge in [-0.2, -0.15) is 0 Å². The summed E-state index contributed by atoms with van der Waals surface area (Å²) in [6.07, 6.45) is 0. The molecule has 1 rings (SSSR count). The normalized spacial score (nSPS) is 24.8. The van der Waals surface area contributed by atoms with Gasteiger partial charge in [-0.3, -0.25) is 4.79 Å². The molecule has 1 heterocycles. The van der Waals surface area contributed by atoms with Crippen molar-refractivity contribution in [3.05, 3.63) is 4.91 Å². The quantitative estimate of drug-likeness (QED) is 0.468. The van der Waals surface area contributed by atoms with Gasteiger partial charge in [0.05, 0.1) is 17.7 Å². The molecule has 0 saturated carbocycles. The highest BCUT2D eigenvalue weighted by molar-refractivity contribution is 7.97. The van der Waals surface area contributed by atoms with Crippen LogP contribution in [0.1, 0.15) is 0 Å². The molecule has 0 aliphatic carbocycles. The second kappa shape index (κ2) is 2.87. The Balaban J connectivity index is 2.42. The zero-order valence-corrected chi connectivity index (χ0v) is 5.87. The Morgan fingerprint density at radius 1 is 1.80 bits per heavy atom. The van der Waals surface area contributed by atoms with Gasteiger partial charge >= 0.3 is 5.97 Å². The number of carboxylic acid groups (broad SMARTS) is 1. The van der Waals surface area contributed by atoms with Gasteiger partial charge in [-0.25, -0.2) is 4.41 Å². The lowest BCUT2D eigenvalue weighted by Gasteiger charge is -2.01. The Kier molecular flexibility index (Phi) is 2.10. The molecule has 0 aromatic rings. The first-order valence-corrected chi connectivity index (χ1v) is 3.65. The minimum Gasteiger partial charge on any atom is -0.481 e. The molecule has 1 saturated heterocycles. The summed E-state index contributed by atoms with van der Waals surface area (Å²) in [7, 11) is 0. The Morgan fingerprint density at radius 2 is 2.50 bits per heavy atom. The third kappa shape index (κ3) is 1.38. The molecule has 6 heteroatoms. The second-order valence-electron chi connectivity index (χ2n) is 1.95. The van der Waals surface area contributed by atoms with Crippen LogP contribution in [0.25, 0.3) is 0 Å². The summed E-state index contributed by atoms with van der Waals surface area (Å²) in [5, 5.41) is 11.0. The summed E-state index contributed by atoms with van der Waals surface area (Å²) < 4.78 is 1.15. The number of aliphatic carboxylic acids is 1. The van der Waals surface area contributed by atoms with Crippen LogP contribution in [0, 0.1) is 10.8 Å². The fraction of sp³-hybridized carbons (Fsp3) is 0.750. The number of hydrogen-bond acceptors (Lipinski definition) is 4. The van der Waals surface area contributed by atoms with E-state index in [0.717, 1.165) is 16.4 Å². The average Bonchev–Trinajstić information content (AvgIpc) is 2.34. The van der Waals surface area contributed by atoms with E-state index in [4.69, 9.17) is 5.11 Å². The van der Waals surface area contributed by atoms with Crippen LogP contribution in [0.5, 0.6) is 0 Å². The zero-order chi connectivity index (χ0) is 7.56. The summed E-state index contributed by atoms with van der Waals surface area (Å²) in [4.78, 5) is 20.1. The highest BCUT2D eigenvalue weighted by Gasteiger charge is 2.28. The van der Waals surface area contributed by atoms with Gasteiger partial charge in [0.15, 0.2) is 0 Å². The molecule has 5 nitrogen and oxygen atoms in total. The van der Waals surface area contributed by atoms with E-state index >= 15 is 0 Å². The second-order valence-corrected chi connectivity index (χ2v) is 2.96. The molecular formula is C4H6N2O3S. The summed E-state index contributed by atoms with van der Waals surface area (Å²) in [5.74, 6) is -0.859. The molecule has 1 aliphatic heterocycles. The van der Waals surface area contributed by atoms with E-state index in [1.165, 1.54) is 0 Å². The predicted octanol–water partition coefficient (Wildman–Crippen LogP) is 0.332. The molecule has 0 radical (unpaired) electrons. The van der Waals surface area contributed by atoms with Crippen LogP contribution in [0.3, 0.4) is 0 Å². The highest BCUT2D eigenvalue weighted by Crippen LogP contribution is 2.24. The van der Waals surface area contributed by atoms with Gasteiger partial charge in [0.25, 0.3) is 0 Å². The SMILES string of the molecule is O=NN1CC(C(=O)O)CS1. The minimum absolute atomic E-state index is 0.226. The summed E-state index contributed by atoms with van der Waals surface area (Å²) in [6, 6.07) is 0. The number of nitrogens with zero attached hydrogens (tertiary/aromatic N) is 2. The van der Waals surface area contributed by atoms with Crippen molar-refractivity contribution in [2.45, 2.75) is 0 Å². The van der Waals surface area contributed by atoms with E-state index in [-0.39, 0.29) is 6.54 Å². The van der Waals surface area contributed by atoms with E-state index in [9.17, 15) is 9.70 Å². The lowest BCUT2D eigenvalue weighted by molar-refractivity contribution is -0.140. The lowest BCUT2D eigenvalue weighted by atomic mass is 10.2. The van der Waals surface area contributed by atoms with Crippen LogP contribution in [0.15, 0.2) is 5.29 Å². The van der Waals surface area contributed by atoms with E-state index in [0.29, 0.717) is 5.75 Å². The van der Waals surface area contributed by atoms with Gasteiger partial charge in [0.2, 0.25) is 0 Å². The molecule has 0 aromatic carbocycles. The summed E-state index contributed by atoms with van der Waals surface area (Å²) in [5.41, 5.74) is 0. The molecule has 1 unspecified atom stereocenters. The molecular weight excluding hydrogens is 156 g/mol. The maximum Gasteiger partial charge on any atom is 0.309 e. The maximum atomic E-state index is 10.3. The smallest absolute Gasteiger partial charge is 0.309 e. The van der Waals surface area contributed by atoms with E-state index in [2.05, 4.69) is 5.29 Å². The van der Waals surface area contributed by atoms with Gasteiger partial charge < -0.3 is 5.11 Å². The lowest BCUT2D eigenvalue weighted by Crippen LogP contribution is -2.18. The van der Waals surface area contributed by atoms with Crippen LogP contribution in [-0.2, 0) is 4.79 Å². The fourth-order valence-corrected chi connectivity index (χ4v) is 1.61. The van der Waals surface area contributed by atoms with Crippen molar-refractivity contribution in [1.29, 1.82) is 0 Å². The largest absolute Gasteiger partial charge is 0.481 e. The first-order valence-electron chi connectivity index (χ1n) is 2.70. The van der Waals surface area contributed by atoms with Crippen molar-refractivity contribution < 1.29 is 9.90 Å². The third-order valence-electron chi connectivity index (χ3n) is 1.24. The Hall–Kier alpha value is -0.780. The Labute approximate surface area is 61.5 Å². The van der Waals surface area contributed by atoms with Crippen LogP contribution < -0.4 is 0 Å². The molecule has 10 heavy (non-hydrogen) atoms. The average molecular weight is 162 g/mol. The van der Waals surface area contributed by atoms with Crippen LogP contribution >= 0.6 is 11.9 Å². The number of carboxylic acids is 1. The van der Waals surface area contributed by atoms with E-state index in [1.807, 2.05) is 0 Å². The van der Waals surface area contributed by atoms with Gasteiger partial charge in [0, 0.05) is 5.75 Å². The highest BCUT2D eigenvalue weighted by atomic mass is 32.2. The number of carbonyl (C=O) groups is 1. The fourth-order valence-electron chi connectivity index (χ4n) is 0.676. The Morgan fingerprint density at radius 3 is 2.80 bits per heavy atom. The van der Waals surface area contributed by atoms with E-state index in [1.54, 1.807) is 0 Å². The standard InChI is InChI=1S/C4H6N2O3S/c7-4(8)3-1-6(5-9)10-2-3/h3H,1-2H2,(H,7,8). The van der Waals surface area contributed by atoms with Gasteiger partial charge in [-0.05, 0) is 11.9 Å². The van der Waals surface area contributed by atoms with Gasteiger partial charge in [0.1, 0.15) is 0 Å². The van der Waals surface area contributed by atoms with Crippen molar-refractivity contribution in [3.63, 3.8) is 0 Å². The van der Waals surface area contributed by atoms with E-state index < -0.39 is 11.9 Å². The molecule has 0 amide bonds. The van der Waals surface area contributed by atoms with Gasteiger partial charge in [-0.15, -0.1) is 4.91 Å². The van der Waals surface area contributed by atoms with Gasteiger partial charge in [-0.1, -0.05) is 0 Å². The molecule has 1 N–H and O–H groups in total. The van der Waals surface area contributed by atoms with Crippen LogP contribution in [0.4, 0.5) is 0 Å². The van der Waals surface area contributed by atoms with Crippen molar-refractivity contribution >= 4 is 17.9 Å². The monoisotopic (exact) mass is 162 g/mol. The summed E-state index contributed by atoms with van der Waals surface area (Å²) in [6.45, 7) is 0.226. The zero-order valence-electron chi connectivity index (χ0n) is 5.06. The first-order chi connectivity index (χ1) is 4.74. The minimum atomic E-state index is -0.862. The van der Waals surface area contributed by atoms with Crippen molar-refractivity contribution in [2.24, 2.45) is 11.2 Å². The topological polar surface area (TPSA) is 70.0 Å². The molecule has 0 spiro atoms.